The van der Waals surface area contributed by atoms with Gasteiger partial charge in [0.25, 0.3) is 0 Å². The number of hydrogen-bond donors (Lipinski definition) is 1. The molecule has 0 spiro atoms. The molecule has 2 rings (SSSR count). The molecule has 1 aromatic carbocycles. The van der Waals surface area contributed by atoms with Gasteiger partial charge < -0.3 is 5.32 Å². The van der Waals surface area contributed by atoms with Crippen LogP contribution in [-0.4, -0.2) is 7.05 Å². The van der Waals surface area contributed by atoms with Gasteiger partial charge in [0, 0.05) is 15.4 Å². The van der Waals surface area contributed by atoms with Crippen LogP contribution in [0.5, 0.6) is 0 Å². The summed E-state index contributed by atoms with van der Waals surface area (Å²) in [6, 6.07) is 7.36. The Morgan fingerprint density at radius 1 is 1.33 bits per heavy atom. The minimum atomic E-state index is -0.215. The van der Waals surface area contributed by atoms with E-state index in [2.05, 4.69) is 37.2 Å². The summed E-state index contributed by atoms with van der Waals surface area (Å²) in [6.07, 6.45) is 0.744. The van der Waals surface area contributed by atoms with Gasteiger partial charge in [-0.15, -0.1) is 11.3 Å². The molecule has 0 aliphatic rings. The van der Waals surface area contributed by atoms with E-state index in [-0.39, 0.29) is 11.9 Å². The molecular formula is C13H12Br2FNS. The Morgan fingerprint density at radius 2 is 2.11 bits per heavy atom. The second-order valence-electron chi connectivity index (χ2n) is 3.89. The van der Waals surface area contributed by atoms with Crippen LogP contribution >= 0.6 is 43.2 Å². The van der Waals surface area contributed by atoms with Crippen molar-refractivity contribution in [1.82, 2.24) is 5.32 Å². The predicted molar refractivity (Wildman–Crippen MR) is 81.6 cm³/mol. The van der Waals surface area contributed by atoms with Gasteiger partial charge in [-0.1, -0.05) is 12.1 Å². The molecule has 18 heavy (non-hydrogen) atoms. The molecule has 0 saturated carbocycles. The highest BCUT2D eigenvalue weighted by atomic mass is 79.9. The summed E-state index contributed by atoms with van der Waals surface area (Å²) in [5, 5.41) is 5.32. The van der Waals surface area contributed by atoms with Gasteiger partial charge in [0.15, 0.2) is 0 Å². The zero-order chi connectivity index (χ0) is 13.1. The molecule has 1 heterocycles. The molecule has 0 saturated heterocycles. The number of benzene rings is 1. The van der Waals surface area contributed by atoms with E-state index in [1.807, 2.05) is 24.6 Å². The minimum Gasteiger partial charge on any atom is -0.312 e. The van der Waals surface area contributed by atoms with E-state index in [1.165, 1.54) is 10.9 Å². The molecule has 0 fully saturated rings. The molecular weight excluding hydrogens is 381 g/mol. The SMILES string of the molecule is CNC(Cc1cccc(F)c1Br)c1sccc1Br. The summed E-state index contributed by atoms with van der Waals surface area (Å²) in [4.78, 5) is 1.23. The van der Waals surface area contributed by atoms with Crippen LogP contribution in [0.3, 0.4) is 0 Å². The van der Waals surface area contributed by atoms with Crippen LogP contribution in [0.4, 0.5) is 4.39 Å². The number of thiophene rings is 1. The van der Waals surface area contributed by atoms with Crippen molar-refractivity contribution in [1.29, 1.82) is 0 Å². The quantitative estimate of drug-likeness (QED) is 0.778. The second-order valence-corrected chi connectivity index (χ2v) is 6.49. The smallest absolute Gasteiger partial charge is 0.137 e. The average Bonchev–Trinajstić information content (AvgIpc) is 2.77. The van der Waals surface area contributed by atoms with Crippen LogP contribution in [0.15, 0.2) is 38.6 Å². The molecule has 5 heteroatoms. The Hall–Kier alpha value is -0.230. The van der Waals surface area contributed by atoms with Crippen molar-refractivity contribution in [3.8, 4) is 0 Å². The third kappa shape index (κ3) is 3.02. The molecule has 1 N–H and O–H groups in total. The fourth-order valence-corrected chi connectivity index (χ4v) is 3.99. The topological polar surface area (TPSA) is 12.0 Å². The molecule has 2 aromatic rings. The van der Waals surface area contributed by atoms with Gasteiger partial charge >= 0.3 is 0 Å². The van der Waals surface area contributed by atoms with Gasteiger partial charge in [0.2, 0.25) is 0 Å². The normalized spacial score (nSPS) is 12.7. The summed E-state index contributed by atoms with van der Waals surface area (Å²) in [6.45, 7) is 0. The highest BCUT2D eigenvalue weighted by Crippen LogP contribution is 2.32. The second kappa shape index (κ2) is 6.28. The lowest BCUT2D eigenvalue weighted by Crippen LogP contribution is -2.18. The highest BCUT2D eigenvalue weighted by molar-refractivity contribution is 9.10. The van der Waals surface area contributed by atoms with Gasteiger partial charge in [-0.05, 0) is 68.4 Å². The van der Waals surface area contributed by atoms with E-state index in [4.69, 9.17) is 0 Å². The molecule has 0 radical (unpaired) electrons. The Labute approximate surface area is 127 Å². The predicted octanol–water partition coefficient (Wildman–Crippen LogP) is 4.92. The van der Waals surface area contributed by atoms with Crippen molar-refractivity contribution in [3.05, 3.63) is 54.8 Å². The maximum atomic E-state index is 13.5. The van der Waals surface area contributed by atoms with Crippen molar-refractivity contribution < 1.29 is 4.39 Å². The third-order valence-corrected chi connectivity index (χ3v) is 5.64. The first kappa shape index (κ1) is 14.2. The van der Waals surface area contributed by atoms with Crippen LogP contribution in [0.1, 0.15) is 16.5 Å². The van der Waals surface area contributed by atoms with Crippen LogP contribution in [0.2, 0.25) is 0 Å². The van der Waals surface area contributed by atoms with E-state index < -0.39 is 0 Å². The lowest BCUT2D eigenvalue weighted by molar-refractivity contribution is 0.586. The number of halogens is 3. The number of rotatable bonds is 4. The van der Waals surface area contributed by atoms with Gasteiger partial charge in [-0.2, -0.15) is 0 Å². The Bertz CT molecular complexity index is 542. The fourth-order valence-electron chi connectivity index (χ4n) is 1.81. The van der Waals surface area contributed by atoms with Crippen molar-refractivity contribution in [2.75, 3.05) is 7.05 Å². The van der Waals surface area contributed by atoms with Gasteiger partial charge in [-0.25, -0.2) is 4.39 Å². The molecule has 0 amide bonds. The fraction of sp³-hybridized carbons (Fsp3) is 0.231. The van der Waals surface area contributed by atoms with Gasteiger partial charge in [0.1, 0.15) is 5.82 Å². The van der Waals surface area contributed by atoms with E-state index in [0.717, 1.165) is 16.5 Å². The van der Waals surface area contributed by atoms with Crippen LogP contribution in [0.25, 0.3) is 0 Å². The molecule has 0 bridgehead atoms. The maximum Gasteiger partial charge on any atom is 0.137 e. The van der Waals surface area contributed by atoms with Crippen LogP contribution in [-0.2, 0) is 6.42 Å². The van der Waals surface area contributed by atoms with E-state index in [0.29, 0.717) is 4.47 Å². The summed E-state index contributed by atoms with van der Waals surface area (Å²) < 4.78 is 15.1. The maximum absolute atomic E-state index is 13.5. The minimum absolute atomic E-state index is 0.178. The first-order chi connectivity index (χ1) is 8.63. The summed E-state index contributed by atoms with van der Waals surface area (Å²) >= 11 is 8.54. The Kier molecular flexibility index (Phi) is 4.95. The summed E-state index contributed by atoms with van der Waals surface area (Å²) in [7, 11) is 1.92. The summed E-state index contributed by atoms with van der Waals surface area (Å²) in [5.41, 5.74) is 0.967. The summed E-state index contributed by atoms with van der Waals surface area (Å²) in [5.74, 6) is -0.215. The van der Waals surface area contributed by atoms with Crippen molar-refractivity contribution >= 4 is 43.2 Å². The molecule has 1 unspecified atom stereocenters. The van der Waals surface area contributed by atoms with Crippen molar-refractivity contribution in [2.24, 2.45) is 0 Å². The van der Waals surface area contributed by atoms with E-state index in [9.17, 15) is 4.39 Å². The average molecular weight is 393 g/mol. The van der Waals surface area contributed by atoms with Crippen LogP contribution in [0, 0.1) is 5.82 Å². The lowest BCUT2D eigenvalue weighted by Gasteiger charge is -2.16. The molecule has 1 nitrogen and oxygen atoms in total. The Morgan fingerprint density at radius 3 is 2.72 bits per heavy atom. The first-order valence-electron chi connectivity index (χ1n) is 5.46. The first-order valence-corrected chi connectivity index (χ1v) is 7.93. The lowest BCUT2D eigenvalue weighted by atomic mass is 10.0. The monoisotopic (exact) mass is 391 g/mol. The number of hydrogen-bond acceptors (Lipinski definition) is 2. The standard InChI is InChI=1S/C13H12Br2FNS/c1-17-11(13-9(14)5-6-18-13)7-8-3-2-4-10(16)12(8)15/h2-6,11,17H,7H2,1H3. The zero-order valence-electron chi connectivity index (χ0n) is 9.71. The van der Waals surface area contributed by atoms with Crippen molar-refractivity contribution in [3.63, 3.8) is 0 Å². The van der Waals surface area contributed by atoms with E-state index >= 15 is 0 Å². The van der Waals surface area contributed by atoms with Crippen molar-refractivity contribution in [2.45, 2.75) is 12.5 Å². The highest BCUT2D eigenvalue weighted by Gasteiger charge is 2.17. The largest absolute Gasteiger partial charge is 0.312 e. The van der Waals surface area contributed by atoms with Crippen LogP contribution < -0.4 is 5.32 Å². The Balaban J connectivity index is 2.26. The molecule has 1 atom stereocenters. The third-order valence-electron chi connectivity index (χ3n) is 2.77. The molecule has 1 aromatic heterocycles. The molecule has 0 aliphatic heterocycles. The van der Waals surface area contributed by atoms with E-state index in [1.54, 1.807) is 17.4 Å². The molecule has 0 aliphatic carbocycles. The number of nitrogens with one attached hydrogen (secondary N) is 1. The zero-order valence-corrected chi connectivity index (χ0v) is 13.7. The molecule has 96 valence electrons. The van der Waals surface area contributed by atoms with Gasteiger partial charge in [-0.3, -0.25) is 0 Å². The number of likely N-dealkylation sites (N-methyl/N-ethyl adjacent to an activating group) is 1. The van der Waals surface area contributed by atoms with Gasteiger partial charge in [0.05, 0.1) is 4.47 Å².